The molecule has 0 spiro atoms. The maximum Gasteiger partial charge on any atom is 0.451 e. The normalized spacial score (nSPS) is 17.3. The highest BCUT2D eigenvalue weighted by molar-refractivity contribution is 7.82. The first kappa shape index (κ1) is 24.9. The fraction of sp³-hybridized carbons (Fsp3) is 0.304. The number of aryl methyl sites for hydroxylation is 1. The van der Waals surface area contributed by atoms with Gasteiger partial charge in [0.15, 0.2) is 0 Å². The van der Waals surface area contributed by atoms with Crippen LogP contribution in [0.25, 0.3) is 11.1 Å². The standard InChI is InChI=1S/C23H21F4N5O2S/c1-14-9-15(16-11-29-22(30-12-16)23(25,26)27)10-18(31-14)13-28-21(33)20-3-2-8-32(20)35(34)19-6-4-17(24)5-7-19/h4-7,9-12,20H,2-3,8,13H2,1H3,(H,28,33). The Morgan fingerprint density at radius 1 is 1.14 bits per heavy atom. The van der Waals surface area contributed by atoms with Crippen LogP contribution in [0.15, 0.2) is 53.7 Å². The van der Waals surface area contributed by atoms with Crippen molar-refractivity contribution in [3.63, 3.8) is 0 Å². The van der Waals surface area contributed by atoms with E-state index in [1.807, 2.05) is 0 Å². The lowest BCUT2D eigenvalue weighted by Crippen LogP contribution is -2.43. The van der Waals surface area contributed by atoms with Gasteiger partial charge in [-0.3, -0.25) is 9.78 Å². The van der Waals surface area contributed by atoms with Gasteiger partial charge in [0, 0.05) is 30.2 Å². The first-order valence-electron chi connectivity index (χ1n) is 10.7. The number of nitrogens with one attached hydrogen (secondary N) is 1. The van der Waals surface area contributed by atoms with Crippen LogP contribution >= 0.6 is 0 Å². The number of hydrogen-bond acceptors (Lipinski definition) is 5. The third-order valence-corrected chi connectivity index (χ3v) is 6.96. The minimum atomic E-state index is -4.63. The number of nitrogens with zero attached hydrogens (tertiary/aromatic N) is 4. The Morgan fingerprint density at radius 3 is 2.49 bits per heavy atom. The zero-order chi connectivity index (χ0) is 25.2. The predicted octanol–water partition coefficient (Wildman–Crippen LogP) is 3.81. The van der Waals surface area contributed by atoms with Crippen molar-refractivity contribution in [1.82, 2.24) is 24.6 Å². The summed E-state index contributed by atoms with van der Waals surface area (Å²) in [6.07, 6.45) is -1.24. The molecule has 1 aliphatic heterocycles. The summed E-state index contributed by atoms with van der Waals surface area (Å²) >= 11 is 0. The Balaban J connectivity index is 1.44. The Hall–Kier alpha value is -3.25. The number of benzene rings is 1. The van der Waals surface area contributed by atoms with E-state index in [9.17, 15) is 26.6 Å². The van der Waals surface area contributed by atoms with Gasteiger partial charge in [-0.05, 0) is 61.7 Å². The summed E-state index contributed by atoms with van der Waals surface area (Å²) in [5.74, 6) is -1.98. The lowest BCUT2D eigenvalue weighted by atomic mass is 10.1. The number of aromatic nitrogens is 3. The maximum atomic E-state index is 13.2. The molecule has 3 aromatic rings. The molecule has 2 aromatic heterocycles. The van der Waals surface area contributed by atoms with Gasteiger partial charge in [-0.1, -0.05) is 0 Å². The minimum Gasteiger partial charge on any atom is -0.349 e. The molecule has 1 saturated heterocycles. The zero-order valence-corrected chi connectivity index (χ0v) is 19.4. The third kappa shape index (κ3) is 5.88. The molecule has 0 saturated carbocycles. The lowest BCUT2D eigenvalue weighted by Gasteiger charge is -2.22. The number of halogens is 4. The van der Waals surface area contributed by atoms with E-state index >= 15 is 0 Å². The molecule has 0 bridgehead atoms. The van der Waals surface area contributed by atoms with Crippen molar-refractivity contribution in [3.8, 4) is 11.1 Å². The maximum absolute atomic E-state index is 13.2. The fourth-order valence-corrected chi connectivity index (χ4v) is 5.17. The molecule has 2 atom stereocenters. The molecule has 7 nitrogen and oxygen atoms in total. The highest BCUT2D eigenvalue weighted by Crippen LogP contribution is 2.27. The monoisotopic (exact) mass is 507 g/mol. The van der Waals surface area contributed by atoms with Gasteiger partial charge in [0.2, 0.25) is 11.7 Å². The van der Waals surface area contributed by atoms with Crippen molar-refractivity contribution in [2.75, 3.05) is 6.54 Å². The Bertz CT molecular complexity index is 1240. The SMILES string of the molecule is Cc1cc(-c2cnc(C(F)(F)F)nc2)cc(CNC(=O)C2CCCN2S(=O)c2ccc(F)cc2)n1. The molecule has 0 radical (unpaired) electrons. The van der Waals surface area contributed by atoms with E-state index in [1.165, 1.54) is 24.3 Å². The minimum absolute atomic E-state index is 0.0720. The summed E-state index contributed by atoms with van der Waals surface area (Å²) in [6.45, 7) is 2.26. The largest absolute Gasteiger partial charge is 0.451 e. The van der Waals surface area contributed by atoms with E-state index in [1.54, 1.807) is 23.4 Å². The topological polar surface area (TPSA) is 88.1 Å². The summed E-state index contributed by atoms with van der Waals surface area (Å²) < 4.78 is 65.9. The Morgan fingerprint density at radius 2 is 1.83 bits per heavy atom. The molecule has 2 unspecified atom stereocenters. The van der Waals surface area contributed by atoms with Crippen LogP contribution in [0, 0.1) is 12.7 Å². The number of alkyl halides is 3. The molecule has 1 aliphatic rings. The quantitative estimate of drug-likeness (QED) is 0.513. The molecule has 35 heavy (non-hydrogen) atoms. The van der Waals surface area contributed by atoms with E-state index in [2.05, 4.69) is 20.3 Å². The summed E-state index contributed by atoms with van der Waals surface area (Å²) in [5.41, 5.74) is 2.05. The Kier molecular flexibility index (Phi) is 7.22. The zero-order valence-electron chi connectivity index (χ0n) is 18.6. The van der Waals surface area contributed by atoms with Gasteiger partial charge < -0.3 is 5.32 Å². The first-order valence-corrected chi connectivity index (χ1v) is 11.8. The molecule has 12 heteroatoms. The summed E-state index contributed by atoms with van der Waals surface area (Å²) in [7, 11) is -1.61. The number of amides is 1. The fourth-order valence-electron chi connectivity index (χ4n) is 3.80. The number of hydrogen-bond donors (Lipinski definition) is 1. The van der Waals surface area contributed by atoms with Crippen molar-refractivity contribution >= 4 is 16.9 Å². The summed E-state index contributed by atoms with van der Waals surface area (Å²) in [5, 5.41) is 2.80. The average molecular weight is 508 g/mol. The van der Waals surface area contributed by atoms with Crippen molar-refractivity contribution in [1.29, 1.82) is 0 Å². The van der Waals surface area contributed by atoms with Gasteiger partial charge in [0.1, 0.15) is 22.8 Å². The van der Waals surface area contributed by atoms with Crippen LogP contribution in [0.4, 0.5) is 17.6 Å². The second kappa shape index (κ2) is 10.2. The number of carbonyl (C=O) groups is 1. The van der Waals surface area contributed by atoms with E-state index < -0.39 is 34.8 Å². The van der Waals surface area contributed by atoms with Crippen molar-refractivity contribution in [3.05, 3.63) is 71.8 Å². The number of pyridine rings is 1. The Labute approximate surface area is 201 Å². The predicted molar refractivity (Wildman–Crippen MR) is 119 cm³/mol. The van der Waals surface area contributed by atoms with Crippen molar-refractivity contribution < 1.29 is 26.6 Å². The van der Waals surface area contributed by atoms with Gasteiger partial charge >= 0.3 is 6.18 Å². The molecule has 4 rings (SSSR count). The number of carbonyl (C=O) groups excluding carboxylic acids is 1. The van der Waals surface area contributed by atoms with E-state index in [0.717, 1.165) is 12.4 Å². The van der Waals surface area contributed by atoms with E-state index in [0.29, 0.717) is 46.8 Å². The number of rotatable bonds is 6. The van der Waals surface area contributed by atoms with Crippen LogP contribution in [0.2, 0.25) is 0 Å². The van der Waals surface area contributed by atoms with Gasteiger partial charge in [0.25, 0.3) is 0 Å². The molecule has 184 valence electrons. The molecule has 0 aliphatic carbocycles. The van der Waals surface area contributed by atoms with Crippen LogP contribution in [-0.2, 0) is 28.5 Å². The van der Waals surface area contributed by atoms with Gasteiger partial charge in [0.05, 0.1) is 17.1 Å². The smallest absolute Gasteiger partial charge is 0.349 e. The third-order valence-electron chi connectivity index (χ3n) is 5.42. The second-order valence-corrected chi connectivity index (χ2v) is 9.44. The van der Waals surface area contributed by atoms with Crippen LogP contribution in [-0.4, -0.2) is 42.0 Å². The van der Waals surface area contributed by atoms with Crippen LogP contribution in [0.1, 0.15) is 30.1 Å². The van der Waals surface area contributed by atoms with E-state index in [-0.39, 0.29) is 12.5 Å². The first-order chi connectivity index (χ1) is 16.6. The van der Waals surface area contributed by atoms with Crippen LogP contribution < -0.4 is 5.32 Å². The molecule has 1 amide bonds. The lowest BCUT2D eigenvalue weighted by molar-refractivity contribution is -0.145. The van der Waals surface area contributed by atoms with E-state index in [4.69, 9.17) is 0 Å². The van der Waals surface area contributed by atoms with Crippen molar-refractivity contribution in [2.24, 2.45) is 0 Å². The molecular formula is C23H21F4N5O2S. The molecule has 3 heterocycles. The van der Waals surface area contributed by atoms with Gasteiger partial charge in [-0.2, -0.15) is 13.2 Å². The van der Waals surface area contributed by atoms with Crippen LogP contribution in [0.5, 0.6) is 0 Å². The highest BCUT2D eigenvalue weighted by atomic mass is 32.2. The summed E-state index contributed by atoms with van der Waals surface area (Å²) in [4.78, 5) is 24.5. The van der Waals surface area contributed by atoms with Gasteiger partial charge in [-0.25, -0.2) is 22.9 Å². The van der Waals surface area contributed by atoms with Gasteiger partial charge in [-0.15, -0.1) is 0 Å². The second-order valence-electron chi connectivity index (χ2n) is 8.00. The molecule has 1 aromatic carbocycles. The molecule has 1 fully saturated rings. The van der Waals surface area contributed by atoms with Crippen molar-refractivity contribution in [2.45, 2.75) is 43.4 Å². The average Bonchev–Trinajstić information content (AvgIpc) is 3.32. The highest BCUT2D eigenvalue weighted by Gasteiger charge is 2.35. The van der Waals surface area contributed by atoms with Crippen LogP contribution in [0.3, 0.4) is 0 Å². The molecular weight excluding hydrogens is 486 g/mol. The summed E-state index contributed by atoms with van der Waals surface area (Å²) in [6, 6.07) is 8.02. The molecule has 1 N–H and O–H groups in total.